The van der Waals surface area contributed by atoms with Crippen LogP contribution >= 0.6 is 0 Å². The molecule has 0 radical (unpaired) electrons. The molecule has 0 aromatic heterocycles. The quantitative estimate of drug-likeness (QED) is 0.706. The summed E-state index contributed by atoms with van der Waals surface area (Å²) in [6.45, 7) is 7.61. The zero-order valence-electron chi connectivity index (χ0n) is 10.3. The normalized spacial score (nSPS) is 21.4. The maximum Gasteiger partial charge on any atom is 0.0598 e. The van der Waals surface area contributed by atoms with Gasteiger partial charge in [-0.2, -0.15) is 0 Å². The third-order valence-corrected chi connectivity index (χ3v) is 3.30. The van der Waals surface area contributed by atoms with Crippen molar-refractivity contribution in [3.8, 4) is 0 Å². The lowest BCUT2D eigenvalue weighted by Gasteiger charge is -2.32. The number of rotatable bonds is 6. The van der Waals surface area contributed by atoms with Gasteiger partial charge in [0.25, 0.3) is 0 Å². The first-order chi connectivity index (χ1) is 6.93. The van der Waals surface area contributed by atoms with Crippen molar-refractivity contribution >= 4 is 0 Å². The Morgan fingerprint density at radius 1 is 1.33 bits per heavy atom. The van der Waals surface area contributed by atoms with E-state index in [0.717, 1.165) is 6.42 Å². The van der Waals surface area contributed by atoms with Crippen LogP contribution in [-0.4, -0.2) is 30.5 Å². The van der Waals surface area contributed by atoms with E-state index < -0.39 is 0 Å². The van der Waals surface area contributed by atoms with Gasteiger partial charge in [0.05, 0.1) is 12.2 Å². The van der Waals surface area contributed by atoms with Crippen LogP contribution in [0.2, 0.25) is 0 Å². The highest BCUT2D eigenvalue weighted by Crippen LogP contribution is 2.47. The van der Waals surface area contributed by atoms with Crippen LogP contribution in [0.4, 0.5) is 0 Å². The minimum absolute atomic E-state index is 0.0781. The topological polar surface area (TPSA) is 55.5 Å². The Morgan fingerprint density at radius 2 is 1.93 bits per heavy atom. The first-order valence-electron chi connectivity index (χ1n) is 5.88. The van der Waals surface area contributed by atoms with Gasteiger partial charge in [-0.05, 0) is 46.0 Å². The minimum Gasteiger partial charge on any atom is -0.396 e. The van der Waals surface area contributed by atoms with Crippen LogP contribution in [0.15, 0.2) is 0 Å². The van der Waals surface area contributed by atoms with Crippen LogP contribution in [0.5, 0.6) is 0 Å². The number of ether oxygens (including phenoxy) is 1. The molecule has 0 spiro atoms. The van der Waals surface area contributed by atoms with Crippen LogP contribution in [0.25, 0.3) is 0 Å². The van der Waals surface area contributed by atoms with E-state index in [2.05, 4.69) is 0 Å². The molecule has 0 aromatic carbocycles. The number of hydrogen-bond acceptors (Lipinski definition) is 3. The number of aliphatic hydroxyl groups is 1. The molecule has 0 aliphatic heterocycles. The van der Waals surface area contributed by atoms with Crippen molar-refractivity contribution < 1.29 is 9.84 Å². The fourth-order valence-corrected chi connectivity index (χ4v) is 2.00. The van der Waals surface area contributed by atoms with Crippen LogP contribution in [0.1, 0.15) is 40.0 Å². The summed E-state index contributed by atoms with van der Waals surface area (Å²) in [5, 5.41) is 9.48. The lowest BCUT2D eigenvalue weighted by molar-refractivity contribution is -0.0296. The van der Waals surface area contributed by atoms with E-state index >= 15 is 0 Å². The molecule has 90 valence electrons. The molecule has 1 fully saturated rings. The van der Waals surface area contributed by atoms with Crippen LogP contribution in [-0.2, 0) is 4.74 Å². The van der Waals surface area contributed by atoms with Crippen molar-refractivity contribution in [2.75, 3.05) is 19.8 Å². The third-order valence-electron chi connectivity index (χ3n) is 3.30. The second-order valence-electron chi connectivity index (χ2n) is 5.71. The molecule has 0 bridgehead atoms. The maximum absolute atomic E-state index is 9.48. The number of aliphatic hydroxyl groups excluding tert-OH is 1. The minimum atomic E-state index is -0.0979. The lowest BCUT2D eigenvalue weighted by atomic mass is 9.80. The molecule has 1 saturated carbocycles. The van der Waals surface area contributed by atoms with Gasteiger partial charge in [-0.25, -0.2) is 0 Å². The van der Waals surface area contributed by atoms with Crippen LogP contribution in [0, 0.1) is 11.3 Å². The van der Waals surface area contributed by atoms with Gasteiger partial charge in [0.15, 0.2) is 0 Å². The maximum atomic E-state index is 9.48. The zero-order chi connectivity index (χ0) is 11.5. The van der Waals surface area contributed by atoms with Gasteiger partial charge in [-0.3, -0.25) is 0 Å². The summed E-state index contributed by atoms with van der Waals surface area (Å²) >= 11 is 0. The zero-order valence-corrected chi connectivity index (χ0v) is 10.3. The molecule has 0 amide bonds. The highest BCUT2D eigenvalue weighted by molar-refractivity contribution is 4.94. The monoisotopic (exact) mass is 215 g/mol. The Labute approximate surface area is 93.0 Å². The van der Waals surface area contributed by atoms with Gasteiger partial charge in [0.1, 0.15) is 0 Å². The van der Waals surface area contributed by atoms with E-state index in [1.807, 2.05) is 20.8 Å². The highest BCUT2D eigenvalue weighted by atomic mass is 16.5. The molecule has 1 unspecified atom stereocenters. The Bertz CT molecular complexity index is 190. The Hall–Kier alpha value is -0.120. The van der Waals surface area contributed by atoms with E-state index in [9.17, 15) is 5.11 Å². The van der Waals surface area contributed by atoms with Crippen molar-refractivity contribution in [1.29, 1.82) is 0 Å². The molecule has 15 heavy (non-hydrogen) atoms. The summed E-state index contributed by atoms with van der Waals surface area (Å²) in [7, 11) is 0. The standard InChI is InChI=1S/C12H25NO2/c1-11(2,3)15-7-6-12(8-13,9-14)10-4-5-10/h10,14H,4-9,13H2,1-3H3. The predicted molar refractivity (Wildman–Crippen MR) is 61.6 cm³/mol. The van der Waals surface area contributed by atoms with Gasteiger partial charge in [0.2, 0.25) is 0 Å². The molecular formula is C12H25NO2. The summed E-state index contributed by atoms with van der Waals surface area (Å²) in [5.74, 6) is 0.621. The average molecular weight is 215 g/mol. The van der Waals surface area contributed by atoms with Crippen LogP contribution in [0.3, 0.4) is 0 Å². The largest absolute Gasteiger partial charge is 0.396 e. The molecule has 0 aromatic rings. The van der Waals surface area contributed by atoms with Crippen molar-refractivity contribution in [2.45, 2.75) is 45.6 Å². The lowest BCUT2D eigenvalue weighted by Crippen LogP contribution is -2.38. The second-order valence-corrected chi connectivity index (χ2v) is 5.71. The SMILES string of the molecule is CC(C)(C)OCCC(CN)(CO)C1CC1. The third kappa shape index (κ3) is 3.74. The summed E-state index contributed by atoms with van der Waals surface area (Å²) in [5.41, 5.74) is 5.62. The number of hydrogen-bond donors (Lipinski definition) is 2. The first-order valence-corrected chi connectivity index (χ1v) is 5.88. The van der Waals surface area contributed by atoms with Gasteiger partial charge in [-0.15, -0.1) is 0 Å². The van der Waals surface area contributed by atoms with Gasteiger partial charge < -0.3 is 15.6 Å². The molecule has 1 rings (SSSR count). The molecule has 0 saturated heterocycles. The predicted octanol–water partition coefficient (Wildman–Crippen LogP) is 1.54. The summed E-state index contributed by atoms with van der Waals surface area (Å²) < 4.78 is 5.70. The summed E-state index contributed by atoms with van der Waals surface area (Å²) in [4.78, 5) is 0. The van der Waals surface area contributed by atoms with Gasteiger partial charge >= 0.3 is 0 Å². The van der Waals surface area contributed by atoms with Crippen LogP contribution < -0.4 is 5.73 Å². The molecule has 1 aliphatic carbocycles. The van der Waals surface area contributed by atoms with E-state index in [4.69, 9.17) is 10.5 Å². The fourth-order valence-electron chi connectivity index (χ4n) is 2.00. The highest BCUT2D eigenvalue weighted by Gasteiger charge is 2.43. The molecule has 0 heterocycles. The van der Waals surface area contributed by atoms with Gasteiger partial charge in [-0.1, -0.05) is 0 Å². The summed E-state index contributed by atoms with van der Waals surface area (Å²) in [6.07, 6.45) is 3.31. The van der Waals surface area contributed by atoms with Crippen molar-refractivity contribution in [3.05, 3.63) is 0 Å². The Morgan fingerprint density at radius 3 is 2.27 bits per heavy atom. The Kier molecular flexibility index (Phi) is 4.15. The molecular weight excluding hydrogens is 190 g/mol. The molecule has 3 N–H and O–H groups in total. The fraction of sp³-hybridized carbons (Fsp3) is 1.00. The van der Waals surface area contributed by atoms with Crippen molar-refractivity contribution in [1.82, 2.24) is 0 Å². The van der Waals surface area contributed by atoms with E-state index in [1.165, 1.54) is 12.8 Å². The molecule has 3 heteroatoms. The second kappa shape index (κ2) is 4.81. The summed E-state index contributed by atoms with van der Waals surface area (Å²) in [6, 6.07) is 0. The van der Waals surface area contributed by atoms with E-state index in [1.54, 1.807) is 0 Å². The van der Waals surface area contributed by atoms with Gasteiger partial charge in [0, 0.05) is 18.6 Å². The van der Waals surface area contributed by atoms with E-state index in [0.29, 0.717) is 19.1 Å². The van der Waals surface area contributed by atoms with E-state index in [-0.39, 0.29) is 17.6 Å². The molecule has 1 aliphatic rings. The molecule has 3 nitrogen and oxygen atoms in total. The van der Waals surface area contributed by atoms with Crippen molar-refractivity contribution in [3.63, 3.8) is 0 Å². The Balaban J connectivity index is 2.38. The average Bonchev–Trinajstić information content (AvgIpc) is 2.95. The number of nitrogens with two attached hydrogens (primary N) is 1. The molecule has 1 atom stereocenters. The first kappa shape index (κ1) is 12.9. The van der Waals surface area contributed by atoms with Crippen molar-refractivity contribution in [2.24, 2.45) is 17.1 Å². The smallest absolute Gasteiger partial charge is 0.0598 e.